The van der Waals surface area contributed by atoms with Crippen LogP contribution in [0.25, 0.3) is 11.1 Å². The number of halogens is 4. The second-order valence-corrected chi connectivity index (χ2v) is 8.50. The molecule has 0 aromatic heterocycles. The van der Waals surface area contributed by atoms with Crippen molar-refractivity contribution >= 4 is 29.4 Å². The van der Waals surface area contributed by atoms with E-state index in [0.717, 1.165) is 17.7 Å². The predicted molar refractivity (Wildman–Crippen MR) is 137 cm³/mol. The molecule has 190 valence electrons. The smallest absolute Gasteiger partial charge is 0.416 e. The summed E-state index contributed by atoms with van der Waals surface area (Å²) in [4.78, 5) is 18.8. The number of aliphatic imine (C=N–C) groups is 1. The number of para-hydroxylation sites is 1. The minimum Gasteiger partial charge on any atom is -0.491 e. The van der Waals surface area contributed by atoms with E-state index < -0.39 is 11.7 Å². The van der Waals surface area contributed by atoms with Crippen LogP contribution in [0.4, 0.5) is 18.9 Å². The Hall–Kier alpha value is -3.36. The van der Waals surface area contributed by atoms with Crippen molar-refractivity contribution in [3.05, 3.63) is 81.9 Å². The molecule has 0 saturated heterocycles. The van der Waals surface area contributed by atoms with E-state index in [1.165, 1.54) is 24.2 Å². The van der Waals surface area contributed by atoms with Crippen LogP contribution in [0.2, 0.25) is 5.02 Å². The first-order valence-corrected chi connectivity index (χ1v) is 11.5. The van der Waals surface area contributed by atoms with Crippen LogP contribution in [0, 0.1) is 6.92 Å². The third kappa shape index (κ3) is 6.06. The molecule has 9 heteroatoms. The number of aliphatic hydroxyl groups excluding tert-OH is 1. The van der Waals surface area contributed by atoms with Crippen molar-refractivity contribution in [1.82, 2.24) is 0 Å². The number of carbonyl (C=O) groups is 1. The van der Waals surface area contributed by atoms with Gasteiger partial charge in [0.1, 0.15) is 5.75 Å². The molecule has 1 N–H and O–H groups in total. The molecular weight excluding hydrogens is 493 g/mol. The van der Waals surface area contributed by atoms with Crippen molar-refractivity contribution in [2.75, 3.05) is 32.2 Å². The maximum atomic E-state index is 13.5. The van der Waals surface area contributed by atoms with E-state index in [2.05, 4.69) is 4.99 Å². The largest absolute Gasteiger partial charge is 0.491 e. The fourth-order valence-corrected chi connectivity index (χ4v) is 4.03. The highest BCUT2D eigenvalue weighted by Crippen LogP contribution is 2.37. The summed E-state index contributed by atoms with van der Waals surface area (Å²) >= 11 is 6.42. The highest BCUT2D eigenvalue weighted by Gasteiger charge is 2.31. The van der Waals surface area contributed by atoms with E-state index >= 15 is 0 Å². The number of carbonyl (C=O) groups excluding carboxylic acids is 1. The summed E-state index contributed by atoms with van der Waals surface area (Å²) < 4.78 is 45.6. The lowest BCUT2D eigenvalue weighted by Crippen LogP contribution is -2.27. The molecule has 0 aliphatic rings. The predicted octanol–water partition coefficient (Wildman–Crippen LogP) is 6.42. The van der Waals surface area contributed by atoms with Gasteiger partial charge in [0, 0.05) is 55.1 Å². The van der Waals surface area contributed by atoms with Gasteiger partial charge < -0.3 is 14.7 Å². The van der Waals surface area contributed by atoms with E-state index in [1.807, 2.05) is 19.1 Å². The molecule has 0 bridgehead atoms. The molecule has 0 fully saturated rings. The summed E-state index contributed by atoms with van der Waals surface area (Å²) in [5.41, 5.74) is 1.92. The first kappa shape index (κ1) is 27.2. The summed E-state index contributed by atoms with van der Waals surface area (Å²) in [5.74, 6) is 0.143. The van der Waals surface area contributed by atoms with Crippen molar-refractivity contribution in [2.45, 2.75) is 19.5 Å². The Labute approximate surface area is 212 Å². The number of hydrogen-bond acceptors (Lipinski definition) is 4. The molecule has 0 heterocycles. The molecule has 0 saturated carbocycles. The zero-order valence-electron chi connectivity index (χ0n) is 20.1. The number of nitrogens with zero attached hydrogens (tertiary/aromatic N) is 2. The monoisotopic (exact) mass is 518 g/mol. The molecular formula is C27H26ClF3N2O3. The number of hydrogen-bond donors (Lipinski definition) is 1. The topological polar surface area (TPSA) is 62.1 Å². The van der Waals surface area contributed by atoms with Crippen molar-refractivity contribution in [3.63, 3.8) is 0 Å². The van der Waals surface area contributed by atoms with Gasteiger partial charge in [-0.15, -0.1) is 0 Å². The Kier molecular flexibility index (Phi) is 8.76. The molecule has 0 atom stereocenters. The van der Waals surface area contributed by atoms with E-state index in [9.17, 15) is 18.0 Å². The first-order chi connectivity index (χ1) is 17.1. The number of anilines is 1. The highest BCUT2D eigenvalue weighted by molar-refractivity contribution is 6.33. The number of alkyl halides is 3. The summed E-state index contributed by atoms with van der Waals surface area (Å²) in [7, 11) is 3.08. The quantitative estimate of drug-likeness (QED) is 0.276. The van der Waals surface area contributed by atoms with Gasteiger partial charge in [0.25, 0.3) is 5.91 Å². The van der Waals surface area contributed by atoms with Gasteiger partial charge in [-0.3, -0.25) is 9.79 Å². The van der Waals surface area contributed by atoms with Crippen LogP contribution in [-0.2, 0) is 6.18 Å². The van der Waals surface area contributed by atoms with Crippen LogP contribution >= 0.6 is 11.6 Å². The van der Waals surface area contributed by atoms with E-state index in [-0.39, 0.29) is 29.7 Å². The SMILES string of the molecule is C/N=C/c1cc(C(F)(F)F)ccc1-c1cc(C(=O)N(C)c2c(C)cccc2OCCCO)ccc1Cl. The van der Waals surface area contributed by atoms with Gasteiger partial charge >= 0.3 is 6.18 Å². The van der Waals surface area contributed by atoms with Gasteiger partial charge in [-0.1, -0.05) is 29.8 Å². The Morgan fingerprint density at radius 3 is 2.56 bits per heavy atom. The zero-order valence-corrected chi connectivity index (χ0v) is 20.8. The second-order valence-electron chi connectivity index (χ2n) is 8.09. The van der Waals surface area contributed by atoms with Gasteiger partial charge in [-0.25, -0.2) is 0 Å². The van der Waals surface area contributed by atoms with Crippen LogP contribution in [0.1, 0.15) is 33.5 Å². The molecule has 0 spiro atoms. The Morgan fingerprint density at radius 1 is 1.14 bits per heavy atom. The Balaban J connectivity index is 2.03. The third-order valence-electron chi connectivity index (χ3n) is 5.55. The molecule has 3 aromatic rings. The molecule has 36 heavy (non-hydrogen) atoms. The zero-order chi connectivity index (χ0) is 26.5. The average Bonchev–Trinajstić information content (AvgIpc) is 2.83. The summed E-state index contributed by atoms with van der Waals surface area (Å²) in [5, 5.41) is 9.33. The first-order valence-electron chi connectivity index (χ1n) is 11.1. The number of benzene rings is 3. The molecule has 3 aromatic carbocycles. The summed E-state index contributed by atoms with van der Waals surface area (Å²) in [6.45, 7) is 2.12. The fraction of sp³-hybridized carbons (Fsp3) is 0.259. The number of amides is 1. The van der Waals surface area contributed by atoms with Crippen molar-refractivity contribution < 1.29 is 27.8 Å². The normalized spacial score (nSPS) is 11.7. The van der Waals surface area contributed by atoms with Crippen LogP contribution in [0.3, 0.4) is 0 Å². The number of aliphatic hydroxyl groups is 1. The van der Waals surface area contributed by atoms with Crippen molar-refractivity contribution in [3.8, 4) is 16.9 Å². The van der Waals surface area contributed by atoms with Crippen LogP contribution in [0.5, 0.6) is 5.75 Å². The summed E-state index contributed by atoms with van der Waals surface area (Å²) in [6.07, 6.45) is -2.74. The fourth-order valence-electron chi connectivity index (χ4n) is 3.82. The van der Waals surface area contributed by atoms with E-state index in [0.29, 0.717) is 34.5 Å². The number of ether oxygens (including phenoxy) is 1. The van der Waals surface area contributed by atoms with Gasteiger partial charge in [-0.2, -0.15) is 13.2 Å². The van der Waals surface area contributed by atoms with Gasteiger partial charge in [0.05, 0.1) is 17.9 Å². The van der Waals surface area contributed by atoms with Gasteiger partial charge in [0.2, 0.25) is 0 Å². The Morgan fingerprint density at radius 2 is 1.89 bits per heavy atom. The molecule has 0 aliphatic heterocycles. The minimum atomic E-state index is -4.51. The van der Waals surface area contributed by atoms with E-state index in [4.69, 9.17) is 21.4 Å². The number of aryl methyl sites for hydroxylation is 1. The molecule has 5 nitrogen and oxygen atoms in total. The van der Waals surface area contributed by atoms with Crippen LogP contribution in [0.15, 0.2) is 59.6 Å². The maximum absolute atomic E-state index is 13.5. The molecule has 0 radical (unpaired) electrons. The van der Waals surface area contributed by atoms with E-state index in [1.54, 1.807) is 31.3 Å². The standard InChI is InChI=1S/C27H26ClF3N2O3/c1-17-6-4-7-24(36-13-5-12-34)25(17)33(3)26(35)18-8-11-23(28)22(15-18)21-10-9-20(27(29,30)31)14-19(21)16-32-2/h4,6-11,14-16,34H,5,12-13H2,1-3H3/b32-16+. The lowest BCUT2D eigenvalue weighted by atomic mass is 9.96. The third-order valence-corrected chi connectivity index (χ3v) is 5.88. The lowest BCUT2D eigenvalue weighted by Gasteiger charge is -2.23. The van der Waals surface area contributed by atoms with Gasteiger partial charge in [0.15, 0.2) is 0 Å². The Bertz CT molecular complexity index is 1280. The molecule has 0 aliphatic carbocycles. The lowest BCUT2D eigenvalue weighted by molar-refractivity contribution is -0.137. The van der Waals surface area contributed by atoms with Gasteiger partial charge in [-0.05, 0) is 54.4 Å². The molecule has 1 amide bonds. The maximum Gasteiger partial charge on any atom is 0.416 e. The van der Waals surface area contributed by atoms with Crippen molar-refractivity contribution in [1.29, 1.82) is 0 Å². The van der Waals surface area contributed by atoms with Crippen LogP contribution < -0.4 is 9.64 Å². The second kappa shape index (κ2) is 11.6. The average molecular weight is 519 g/mol. The van der Waals surface area contributed by atoms with Crippen molar-refractivity contribution in [2.24, 2.45) is 4.99 Å². The highest BCUT2D eigenvalue weighted by atomic mass is 35.5. The minimum absolute atomic E-state index is 0.0157. The number of rotatable bonds is 8. The van der Waals surface area contributed by atoms with Crippen LogP contribution in [-0.4, -0.2) is 44.5 Å². The summed E-state index contributed by atoms with van der Waals surface area (Å²) in [6, 6.07) is 13.4. The molecule has 0 unspecified atom stereocenters. The molecule has 3 rings (SSSR count).